The van der Waals surface area contributed by atoms with Crippen molar-refractivity contribution in [1.82, 2.24) is 9.80 Å². The van der Waals surface area contributed by atoms with Crippen molar-refractivity contribution in [3.8, 4) is 0 Å². The van der Waals surface area contributed by atoms with Crippen LogP contribution in [-0.4, -0.2) is 53.9 Å². The first kappa shape index (κ1) is 19.3. The van der Waals surface area contributed by atoms with E-state index in [4.69, 9.17) is 0 Å². The van der Waals surface area contributed by atoms with Crippen LogP contribution in [0.1, 0.15) is 24.2 Å². The Balaban J connectivity index is 0.00000400. The maximum atomic E-state index is 12.2. The molecule has 0 aliphatic rings. The van der Waals surface area contributed by atoms with E-state index in [1.807, 2.05) is 0 Å². The Morgan fingerprint density at radius 1 is 1.14 bits per heavy atom. The van der Waals surface area contributed by atoms with E-state index in [-0.39, 0.29) is 24.0 Å². The number of nitro benzene ring substituents is 1. The third-order valence-corrected chi connectivity index (χ3v) is 3.32. The van der Waals surface area contributed by atoms with Gasteiger partial charge in [0, 0.05) is 37.8 Å². The molecule has 0 unspecified atom stereocenters. The Hall–Kier alpha value is -1.66. The second-order valence-electron chi connectivity index (χ2n) is 4.56. The first-order valence-corrected chi connectivity index (χ1v) is 6.71. The minimum Gasteiger partial charge on any atom is -0.340 e. The number of hydrogen-bond donors (Lipinski definition) is 0. The zero-order chi connectivity index (χ0) is 15.1. The summed E-state index contributed by atoms with van der Waals surface area (Å²) in [5.74, 6) is -0.118. The van der Waals surface area contributed by atoms with Crippen molar-refractivity contribution in [3.63, 3.8) is 0 Å². The van der Waals surface area contributed by atoms with Gasteiger partial charge in [-0.05, 0) is 25.2 Å². The third kappa shape index (κ3) is 5.69. The van der Waals surface area contributed by atoms with Crippen LogP contribution in [0, 0.1) is 10.1 Å². The molecule has 0 saturated heterocycles. The molecule has 0 radical (unpaired) electrons. The monoisotopic (exact) mass is 315 g/mol. The molecule has 0 saturated carbocycles. The lowest BCUT2D eigenvalue weighted by molar-refractivity contribution is -0.384. The van der Waals surface area contributed by atoms with E-state index >= 15 is 0 Å². The van der Waals surface area contributed by atoms with Gasteiger partial charge in [0.25, 0.3) is 11.6 Å². The SMILES string of the molecule is CCN(CC)CCN(C)C(=O)c1ccc([N+](=O)[O-])cc1.Cl. The number of nitro groups is 1. The average molecular weight is 316 g/mol. The maximum Gasteiger partial charge on any atom is 0.269 e. The van der Waals surface area contributed by atoms with Gasteiger partial charge in [-0.3, -0.25) is 14.9 Å². The topological polar surface area (TPSA) is 66.7 Å². The molecular formula is C14H22ClN3O3. The molecule has 1 rings (SSSR count). The molecule has 0 heterocycles. The molecule has 7 heteroatoms. The van der Waals surface area contributed by atoms with E-state index in [9.17, 15) is 14.9 Å². The molecule has 1 aromatic carbocycles. The summed E-state index contributed by atoms with van der Waals surface area (Å²) in [7, 11) is 1.74. The molecule has 0 aromatic heterocycles. The Morgan fingerprint density at radius 2 is 1.67 bits per heavy atom. The maximum absolute atomic E-state index is 12.2. The lowest BCUT2D eigenvalue weighted by Crippen LogP contribution is -2.36. The summed E-state index contributed by atoms with van der Waals surface area (Å²) in [6.45, 7) is 7.54. The van der Waals surface area contributed by atoms with E-state index in [0.29, 0.717) is 12.1 Å². The predicted octanol–water partition coefficient (Wildman–Crippen LogP) is 2.43. The van der Waals surface area contributed by atoms with Gasteiger partial charge in [0.15, 0.2) is 0 Å². The summed E-state index contributed by atoms with van der Waals surface area (Å²) in [5, 5.41) is 10.6. The van der Waals surface area contributed by atoms with Crippen molar-refractivity contribution in [2.75, 3.05) is 33.2 Å². The molecule has 0 spiro atoms. The molecule has 0 bridgehead atoms. The highest BCUT2D eigenvalue weighted by molar-refractivity contribution is 5.94. The van der Waals surface area contributed by atoms with Crippen LogP contribution in [0.25, 0.3) is 0 Å². The molecule has 0 aliphatic heterocycles. The molecular weight excluding hydrogens is 294 g/mol. The Morgan fingerprint density at radius 3 is 2.10 bits per heavy atom. The minimum absolute atomic E-state index is 0. The normalized spacial score (nSPS) is 10.1. The molecule has 1 amide bonds. The molecule has 118 valence electrons. The lowest BCUT2D eigenvalue weighted by atomic mass is 10.2. The highest BCUT2D eigenvalue weighted by Gasteiger charge is 2.14. The average Bonchev–Trinajstić information content (AvgIpc) is 2.47. The number of carbonyl (C=O) groups excluding carboxylic acids is 1. The number of rotatable bonds is 7. The van der Waals surface area contributed by atoms with Gasteiger partial charge in [0.1, 0.15) is 0 Å². The van der Waals surface area contributed by atoms with Gasteiger partial charge in [-0.25, -0.2) is 0 Å². The van der Waals surface area contributed by atoms with Crippen LogP contribution in [0.3, 0.4) is 0 Å². The van der Waals surface area contributed by atoms with Crippen LogP contribution in [-0.2, 0) is 0 Å². The van der Waals surface area contributed by atoms with Crippen LogP contribution in [0.15, 0.2) is 24.3 Å². The Kier molecular flexibility index (Phi) is 8.57. The van der Waals surface area contributed by atoms with Crippen molar-refractivity contribution in [2.45, 2.75) is 13.8 Å². The number of amides is 1. The summed E-state index contributed by atoms with van der Waals surface area (Å²) >= 11 is 0. The second kappa shape index (κ2) is 9.31. The fraction of sp³-hybridized carbons (Fsp3) is 0.500. The van der Waals surface area contributed by atoms with Gasteiger partial charge >= 0.3 is 0 Å². The predicted molar refractivity (Wildman–Crippen MR) is 85.1 cm³/mol. The van der Waals surface area contributed by atoms with Crippen molar-refractivity contribution in [2.24, 2.45) is 0 Å². The van der Waals surface area contributed by atoms with Gasteiger partial charge < -0.3 is 9.80 Å². The van der Waals surface area contributed by atoms with E-state index in [2.05, 4.69) is 18.7 Å². The van der Waals surface area contributed by atoms with Crippen molar-refractivity contribution in [1.29, 1.82) is 0 Å². The van der Waals surface area contributed by atoms with Crippen molar-refractivity contribution >= 4 is 24.0 Å². The summed E-state index contributed by atoms with van der Waals surface area (Å²) in [5.41, 5.74) is 0.463. The summed E-state index contributed by atoms with van der Waals surface area (Å²) < 4.78 is 0. The first-order valence-electron chi connectivity index (χ1n) is 6.71. The van der Waals surface area contributed by atoms with Gasteiger partial charge in [0.05, 0.1) is 4.92 Å². The molecule has 6 nitrogen and oxygen atoms in total. The molecule has 0 N–H and O–H groups in total. The highest BCUT2D eigenvalue weighted by Crippen LogP contribution is 2.13. The molecule has 21 heavy (non-hydrogen) atoms. The molecule has 0 atom stereocenters. The number of likely N-dealkylation sites (N-methyl/N-ethyl adjacent to an activating group) is 2. The van der Waals surface area contributed by atoms with Gasteiger partial charge in [0.2, 0.25) is 0 Å². The standard InChI is InChI=1S/C14H21N3O3.ClH/c1-4-16(5-2)11-10-15(3)14(18)12-6-8-13(9-7-12)17(19)20;/h6-9H,4-5,10-11H2,1-3H3;1H. The van der Waals surface area contributed by atoms with E-state index < -0.39 is 4.92 Å². The Labute approximate surface area is 131 Å². The molecule has 1 aromatic rings. The fourth-order valence-electron chi connectivity index (χ4n) is 1.88. The van der Waals surface area contributed by atoms with Crippen LogP contribution in [0.5, 0.6) is 0 Å². The zero-order valence-corrected chi connectivity index (χ0v) is 13.4. The van der Waals surface area contributed by atoms with Crippen molar-refractivity contribution in [3.05, 3.63) is 39.9 Å². The Bertz CT molecular complexity index is 461. The number of carbonyl (C=O) groups is 1. The molecule has 0 fully saturated rings. The second-order valence-corrected chi connectivity index (χ2v) is 4.56. The fourth-order valence-corrected chi connectivity index (χ4v) is 1.88. The minimum atomic E-state index is -0.474. The third-order valence-electron chi connectivity index (χ3n) is 3.32. The van der Waals surface area contributed by atoms with Crippen LogP contribution in [0.4, 0.5) is 5.69 Å². The summed E-state index contributed by atoms with van der Waals surface area (Å²) in [4.78, 5) is 26.1. The van der Waals surface area contributed by atoms with Gasteiger partial charge in [-0.15, -0.1) is 12.4 Å². The summed E-state index contributed by atoms with van der Waals surface area (Å²) in [6, 6.07) is 5.69. The first-order chi connectivity index (χ1) is 9.49. The van der Waals surface area contributed by atoms with Crippen LogP contribution < -0.4 is 0 Å². The van der Waals surface area contributed by atoms with Gasteiger partial charge in [-0.2, -0.15) is 0 Å². The summed E-state index contributed by atoms with van der Waals surface area (Å²) in [6.07, 6.45) is 0. The van der Waals surface area contributed by atoms with E-state index in [1.54, 1.807) is 11.9 Å². The van der Waals surface area contributed by atoms with E-state index in [0.717, 1.165) is 19.6 Å². The number of nitrogens with zero attached hydrogens (tertiary/aromatic N) is 3. The van der Waals surface area contributed by atoms with Crippen LogP contribution >= 0.6 is 12.4 Å². The largest absolute Gasteiger partial charge is 0.340 e. The zero-order valence-electron chi connectivity index (χ0n) is 12.6. The van der Waals surface area contributed by atoms with Crippen LogP contribution in [0.2, 0.25) is 0 Å². The van der Waals surface area contributed by atoms with E-state index in [1.165, 1.54) is 24.3 Å². The highest BCUT2D eigenvalue weighted by atomic mass is 35.5. The van der Waals surface area contributed by atoms with Crippen molar-refractivity contribution < 1.29 is 9.72 Å². The number of hydrogen-bond acceptors (Lipinski definition) is 4. The number of non-ortho nitro benzene ring substituents is 1. The van der Waals surface area contributed by atoms with Gasteiger partial charge in [-0.1, -0.05) is 13.8 Å². The number of benzene rings is 1. The smallest absolute Gasteiger partial charge is 0.269 e. The quantitative estimate of drug-likeness (QED) is 0.572. The number of halogens is 1. The lowest BCUT2D eigenvalue weighted by Gasteiger charge is -2.23. The molecule has 0 aliphatic carbocycles.